The molecule has 10 nitrogen and oxygen atoms in total. The molecule has 2 N–H and O–H groups in total. The standard InChI is InChI=1S/C24H20BrFN4O6/c1-35-21-10-16(13-27-29-23(31)11-15-4-2-3-5-20(15)30(33)34)19(25)12-22(21)36-14-24(32)28-18-8-6-17(26)7-9-18/h2-10,12-13H,11,14H2,1H3,(H,28,32)(H,29,31)/b27-13+. The minimum atomic E-state index is -0.550. The summed E-state index contributed by atoms with van der Waals surface area (Å²) in [6.07, 6.45) is 1.14. The fourth-order valence-corrected chi connectivity index (χ4v) is 3.45. The smallest absolute Gasteiger partial charge is 0.273 e. The summed E-state index contributed by atoms with van der Waals surface area (Å²) in [5.41, 5.74) is 3.40. The molecule has 0 aromatic heterocycles. The van der Waals surface area contributed by atoms with E-state index in [0.29, 0.717) is 21.5 Å². The van der Waals surface area contributed by atoms with Crippen molar-refractivity contribution >= 4 is 45.3 Å². The Bertz CT molecular complexity index is 1300. The molecule has 0 fully saturated rings. The number of rotatable bonds is 10. The Morgan fingerprint density at radius 3 is 2.53 bits per heavy atom. The molecule has 2 amide bonds. The van der Waals surface area contributed by atoms with Gasteiger partial charge in [0.15, 0.2) is 18.1 Å². The lowest BCUT2D eigenvalue weighted by molar-refractivity contribution is -0.385. The lowest BCUT2D eigenvalue weighted by atomic mass is 10.1. The van der Waals surface area contributed by atoms with Gasteiger partial charge in [0.25, 0.3) is 11.6 Å². The van der Waals surface area contributed by atoms with E-state index in [1.807, 2.05) is 0 Å². The molecule has 0 unspecified atom stereocenters. The maximum absolute atomic E-state index is 13.0. The lowest BCUT2D eigenvalue weighted by Gasteiger charge is -2.13. The summed E-state index contributed by atoms with van der Waals surface area (Å²) in [5, 5.41) is 17.6. The van der Waals surface area contributed by atoms with Crippen molar-refractivity contribution in [2.45, 2.75) is 6.42 Å². The van der Waals surface area contributed by atoms with Gasteiger partial charge in [0.1, 0.15) is 5.82 Å². The molecule has 3 rings (SSSR count). The summed E-state index contributed by atoms with van der Waals surface area (Å²) < 4.78 is 24.4. The van der Waals surface area contributed by atoms with Gasteiger partial charge in [0, 0.05) is 27.4 Å². The number of hydrogen-bond acceptors (Lipinski definition) is 7. The molecule has 36 heavy (non-hydrogen) atoms. The quantitative estimate of drug-likeness (QED) is 0.217. The molecular weight excluding hydrogens is 539 g/mol. The lowest BCUT2D eigenvalue weighted by Crippen LogP contribution is -2.20. The van der Waals surface area contributed by atoms with Crippen LogP contribution in [0.25, 0.3) is 0 Å². The summed E-state index contributed by atoms with van der Waals surface area (Å²) >= 11 is 3.37. The topological polar surface area (TPSA) is 132 Å². The molecule has 0 atom stereocenters. The second kappa shape index (κ2) is 12.4. The minimum Gasteiger partial charge on any atom is -0.493 e. The van der Waals surface area contributed by atoms with E-state index >= 15 is 0 Å². The maximum atomic E-state index is 13.0. The van der Waals surface area contributed by atoms with Crippen molar-refractivity contribution in [1.29, 1.82) is 0 Å². The van der Waals surface area contributed by atoms with E-state index in [9.17, 15) is 24.1 Å². The van der Waals surface area contributed by atoms with Gasteiger partial charge in [-0.25, -0.2) is 9.82 Å². The number of carbonyl (C=O) groups is 2. The third-order valence-electron chi connectivity index (χ3n) is 4.70. The van der Waals surface area contributed by atoms with Crippen molar-refractivity contribution in [3.63, 3.8) is 0 Å². The van der Waals surface area contributed by atoms with Gasteiger partial charge in [-0.2, -0.15) is 5.10 Å². The van der Waals surface area contributed by atoms with Crippen LogP contribution in [0, 0.1) is 15.9 Å². The number of hydrazone groups is 1. The molecule has 0 saturated carbocycles. The van der Waals surface area contributed by atoms with Crippen LogP contribution in [-0.4, -0.2) is 36.7 Å². The highest BCUT2D eigenvalue weighted by Crippen LogP contribution is 2.33. The average molecular weight is 559 g/mol. The fourth-order valence-electron chi connectivity index (χ4n) is 3.02. The monoisotopic (exact) mass is 558 g/mol. The molecule has 3 aromatic carbocycles. The predicted octanol–water partition coefficient (Wildman–Crippen LogP) is 4.22. The van der Waals surface area contributed by atoms with E-state index in [-0.39, 0.29) is 30.0 Å². The molecule has 0 radical (unpaired) electrons. The molecule has 0 spiro atoms. The van der Waals surface area contributed by atoms with Crippen LogP contribution in [-0.2, 0) is 16.0 Å². The van der Waals surface area contributed by atoms with Gasteiger partial charge in [-0.15, -0.1) is 0 Å². The van der Waals surface area contributed by atoms with Gasteiger partial charge >= 0.3 is 0 Å². The van der Waals surface area contributed by atoms with Crippen LogP contribution in [0.4, 0.5) is 15.8 Å². The number of nitrogens with zero attached hydrogens (tertiary/aromatic N) is 2. The molecule has 0 heterocycles. The molecule has 12 heteroatoms. The predicted molar refractivity (Wildman–Crippen MR) is 134 cm³/mol. The number of anilines is 1. The van der Waals surface area contributed by atoms with E-state index in [1.54, 1.807) is 18.2 Å². The number of ether oxygens (including phenoxy) is 2. The number of hydrogen-bond donors (Lipinski definition) is 2. The first-order valence-electron chi connectivity index (χ1n) is 10.4. The third kappa shape index (κ3) is 7.34. The van der Waals surface area contributed by atoms with Crippen molar-refractivity contribution in [1.82, 2.24) is 5.43 Å². The number of nitrogens with one attached hydrogen (secondary N) is 2. The van der Waals surface area contributed by atoms with Crippen molar-refractivity contribution in [3.8, 4) is 11.5 Å². The fraction of sp³-hybridized carbons (Fsp3) is 0.125. The van der Waals surface area contributed by atoms with Crippen LogP contribution in [0.2, 0.25) is 0 Å². The molecule has 3 aromatic rings. The third-order valence-corrected chi connectivity index (χ3v) is 5.39. The van der Waals surface area contributed by atoms with E-state index in [4.69, 9.17) is 9.47 Å². The normalized spacial score (nSPS) is 10.6. The first-order chi connectivity index (χ1) is 17.3. The number of amides is 2. The SMILES string of the molecule is COc1cc(/C=N/NC(=O)Cc2ccccc2[N+](=O)[O-])c(Br)cc1OCC(=O)Nc1ccc(F)cc1. The Labute approximate surface area is 213 Å². The summed E-state index contributed by atoms with van der Waals surface area (Å²) in [7, 11) is 1.42. The van der Waals surface area contributed by atoms with E-state index < -0.39 is 22.6 Å². The Balaban J connectivity index is 1.60. The summed E-state index contributed by atoms with van der Waals surface area (Å²) in [6.45, 7) is -0.324. The van der Waals surface area contributed by atoms with E-state index in [0.717, 1.165) is 0 Å². The number of nitro groups is 1. The molecule has 0 aliphatic rings. The number of benzene rings is 3. The number of halogens is 2. The Morgan fingerprint density at radius 2 is 1.83 bits per heavy atom. The first kappa shape index (κ1) is 26.3. The molecule has 0 aliphatic heterocycles. The Hall–Kier alpha value is -4.32. The largest absolute Gasteiger partial charge is 0.493 e. The van der Waals surface area contributed by atoms with Crippen molar-refractivity contribution < 1.29 is 28.4 Å². The zero-order valence-corrected chi connectivity index (χ0v) is 20.5. The van der Waals surface area contributed by atoms with E-state index in [1.165, 1.54) is 55.8 Å². The van der Waals surface area contributed by atoms with Crippen LogP contribution in [0.5, 0.6) is 11.5 Å². The second-order valence-corrected chi connectivity index (χ2v) is 8.08. The van der Waals surface area contributed by atoms with Gasteiger partial charge in [-0.3, -0.25) is 19.7 Å². The molecule has 0 aliphatic carbocycles. The summed E-state index contributed by atoms with van der Waals surface area (Å²) in [5.74, 6) is -0.818. The van der Waals surface area contributed by atoms with Crippen LogP contribution in [0.15, 0.2) is 70.2 Å². The van der Waals surface area contributed by atoms with Crippen LogP contribution in [0.3, 0.4) is 0 Å². The summed E-state index contributed by atoms with van der Waals surface area (Å²) in [6, 6.07) is 14.4. The van der Waals surface area contributed by atoms with Gasteiger partial charge in [-0.1, -0.05) is 18.2 Å². The highest BCUT2D eigenvalue weighted by molar-refractivity contribution is 9.10. The highest BCUT2D eigenvalue weighted by Gasteiger charge is 2.15. The number of nitro benzene ring substituents is 1. The van der Waals surface area contributed by atoms with Crippen LogP contribution < -0.4 is 20.2 Å². The van der Waals surface area contributed by atoms with E-state index in [2.05, 4.69) is 31.8 Å². The van der Waals surface area contributed by atoms with Crippen molar-refractivity contribution in [3.05, 3.63) is 92.2 Å². The number of carbonyl (C=O) groups excluding carboxylic acids is 2. The van der Waals surface area contributed by atoms with Gasteiger partial charge < -0.3 is 14.8 Å². The van der Waals surface area contributed by atoms with Gasteiger partial charge in [0.2, 0.25) is 5.91 Å². The second-order valence-electron chi connectivity index (χ2n) is 7.22. The Kier molecular flexibility index (Phi) is 9.06. The van der Waals surface area contributed by atoms with Gasteiger partial charge in [0.05, 0.1) is 24.7 Å². The Morgan fingerprint density at radius 1 is 1.11 bits per heavy atom. The average Bonchev–Trinajstić information content (AvgIpc) is 2.85. The summed E-state index contributed by atoms with van der Waals surface area (Å²) in [4.78, 5) is 34.8. The molecule has 0 bridgehead atoms. The number of methoxy groups -OCH3 is 1. The molecular formula is C24H20BrFN4O6. The van der Waals surface area contributed by atoms with Crippen molar-refractivity contribution in [2.24, 2.45) is 5.10 Å². The minimum absolute atomic E-state index is 0.147. The molecule has 186 valence electrons. The number of para-hydroxylation sites is 1. The van der Waals surface area contributed by atoms with Crippen LogP contribution in [0.1, 0.15) is 11.1 Å². The highest BCUT2D eigenvalue weighted by atomic mass is 79.9. The zero-order chi connectivity index (χ0) is 26.1. The van der Waals surface area contributed by atoms with Gasteiger partial charge in [-0.05, 0) is 52.3 Å². The zero-order valence-electron chi connectivity index (χ0n) is 18.9. The maximum Gasteiger partial charge on any atom is 0.273 e. The molecule has 0 saturated heterocycles. The van der Waals surface area contributed by atoms with Crippen LogP contribution >= 0.6 is 15.9 Å². The van der Waals surface area contributed by atoms with Crippen molar-refractivity contribution in [2.75, 3.05) is 19.0 Å². The first-order valence-corrected chi connectivity index (χ1v) is 11.2.